The van der Waals surface area contributed by atoms with Crippen molar-refractivity contribution in [2.75, 3.05) is 5.73 Å². The summed E-state index contributed by atoms with van der Waals surface area (Å²) in [5, 5.41) is 0. The molecule has 0 aromatic heterocycles. The molecular weight excluding hydrogens is 240 g/mol. The molecule has 2 aromatic carbocycles. The fourth-order valence-corrected chi connectivity index (χ4v) is 1.84. The van der Waals surface area contributed by atoms with Gasteiger partial charge in [-0.2, -0.15) is 0 Å². The van der Waals surface area contributed by atoms with Crippen LogP contribution in [-0.2, 0) is 6.61 Å². The lowest BCUT2D eigenvalue weighted by atomic mass is 10.1. The Kier molecular flexibility index (Phi) is 3.71. The molecule has 0 bridgehead atoms. The number of para-hydroxylation sites is 1. The predicted octanol–water partition coefficient (Wildman–Crippen LogP) is 2.26. The van der Waals surface area contributed by atoms with Crippen LogP contribution in [0.2, 0.25) is 0 Å². The van der Waals surface area contributed by atoms with Gasteiger partial charge in [0, 0.05) is 5.56 Å². The molecule has 4 nitrogen and oxygen atoms in total. The van der Waals surface area contributed by atoms with E-state index in [0.717, 1.165) is 11.1 Å². The van der Waals surface area contributed by atoms with Crippen LogP contribution in [0.5, 0.6) is 5.75 Å². The maximum Gasteiger partial charge on any atom is 0.248 e. The molecule has 2 aromatic rings. The summed E-state index contributed by atoms with van der Waals surface area (Å²) in [4.78, 5) is 11.1. The smallest absolute Gasteiger partial charge is 0.248 e. The zero-order valence-corrected chi connectivity index (χ0v) is 10.7. The highest BCUT2D eigenvalue weighted by Gasteiger charge is 2.06. The average Bonchev–Trinajstić information content (AvgIpc) is 2.38. The second-order valence-corrected chi connectivity index (χ2v) is 4.35. The van der Waals surface area contributed by atoms with Gasteiger partial charge in [0.2, 0.25) is 5.91 Å². The first-order valence-electron chi connectivity index (χ1n) is 5.94. The molecule has 1 amide bonds. The fraction of sp³-hybridized carbons (Fsp3) is 0.133. The van der Waals surface area contributed by atoms with E-state index in [4.69, 9.17) is 16.2 Å². The average molecular weight is 256 g/mol. The third kappa shape index (κ3) is 3.04. The van der Waals surface area contributed by atoms with Crippen molar-refractivity contribution >= 4 is 11.6 Å². The van der Waals surface area contributed by atoms with E-state index in [-0.39, 0.29) is 0 Å². The molecule has 98 valence electrons. The van der Waals surface area contributed by atoms with Gasteiger partial charge in [0.05, 0.1) is 5.69 Å². The van der Waals surface area contributed by atoms with Crippen molar-refractivity contribution in [1.29, 1.82) is 0 Å². The predicted molar refractivity (Wildman–Crippen MR) is 74.9 cm³/mol. The maximum absolute atomic E-state index is 11.1. The van der Waals surface area contributed by atoms with Crippen LogP contribution >= 0.6 is 0 Å². The van der Waals surface area contributed by atoms with Crippen molar-refractivity contribution in [3.05, 3.63) is 59.2 Å². The zero-order chi connectivity index (χ0) is 13.8. The Hall–Kier alpha value is -2.49. The van der Waals surface area contributed by atoms with Crippen LogP contribution in [0.1, 0.15) is 21.5 Å². The molecule has 0 aliphatic heterocycles. The molecule has 0 aliphatic carbocycles. The number of carbonyl (C=O) groups is 1. The van der Waals surface area contributed by atoms with Gasteiger partial charge in [-0.15, -0.1) is 0 Å². The van der Waals surface area contributed by atoms with E-state index >= 15 is 0 Å². The van der Waals surface area contributed by atoms with Crippen LogP contribution < -0.4 is 16.2 Å². The minimum Gasteiger partial charge on any atom is -0.486 e. The molecular formula is C15H16N2O2. The summed E-state index contributed by atoms with van der Waals surface area (Å²) in [7, 11) is 0. The van der Waals surface area contributed by atoms with E-state index in [1.807, 2.05) is 25.1 Å². The second kappa shape index (κ2) is 5.44. The topological polar surface area (TPSA) is 78.3 Å². The van der Waals surface area contributed by atoms with Gasteiger partial charge in [-0.3, -0.25) is 4.79 Å². The number of aryl methyl sites for hydroxylation is 1. The van der Waals surface area contributed by atoms with Crippen LogP contribution in [0.4, 0.5) is 5.69 Å². The Morgan fingerprint density at radius 2 is 1.95 bits per heavy atom. The Balaban J connectivity index is 2.15. The number of hydrogen-bond donors (Lipinski definition) is 2. The van der Waals surface area contributed by atoms with Gasteiger partial charge in [0.15, 0.2) is 0 Å². The Morgan fingerprint density at radius 3 is 2.63 bits per heavy atom. The summed E-state index contributed by atoms with van der Waals surface area (Å²) in [5.41, 5.74) is 14.0. The molecule has 0 heterocycles. The second-order valence-electron chi connectivity index (χ2n) is 4.35. The van der Waals surface area contributed by atoms with Gasteiger partial charge in [0.1, 0.15) is 12.4 Å². The van der Waals surface area contributed by atoms with Crippen molar-refractivity contribution in [2.24, 2.45) is 5.73 Å². The number of benzene rings is 2. The first-order chi connectivity index (χ1) is 9.08. The van der Waals surface area contributed by atoms with E-state index in [2.05, 4.69) is 0 Å². The monoisotopic (exact) mass is 256 g/mol. The number of amides is 1. The number of nitrogen functional groups attached to an aromatic ring is 1. The fourth-order valence-electron chi connectivity index (χ4n) is 1.84. The molecule has 0 radical (unpaired) electrons. The van der Waals surface area contributed by atoms with E-state index in [0.29, 0.717) is 23.6 Å². The first kappa shape index (κ1) is 13.0. The number of ether oxygens (including phenoxy) is 1. The van der Waals surface area contributed by atoms with Crippen molar-refractivity contribution in [2.45, 2.75) is 13.5 Å². The minimum atomic E-state index is -0.447. The van der Waals surface area contributed by atoms with Gasteiger partial charge in [-0.25, -0.2) is 0 Å². The van der Waals surface area contributed by atoms with Crippen LogP contribution in [0.25, 0.3) is 0 Å². The van der Waals surface area contributed by atoms with E-state index < -0.39 is 5.91 Å². The number of rotatable bonds is 4. The number of primary amides is 1. The van der Waals surface area contributed by atoms with Crippen LogP contribution in [0, 0.1) is 6.92 Å². The number of carbonyl (C=O) groups excluding carboxylic acids is 1. The Bertz CT molecular complexity index is 589. The standard InChI is InChI=1S/C15H16N2O2/c1-10-4-2-7-13(16)14(10)19-9-11-5-3-6-12(8-11)15(17)18/h2-8H,9,16H2,1H3,(H2,17,18). The van der Waals surface area contributed by atoms with Gasteiger partial charge >= 0.3 is 0 Å². The van der Waals surface area contributed by atoms with Crippen LogP contribution in [-0.4, -0.2) is 5.91 Å². The lowest BCUT2D eigenvalue weighted by molar-refractivity contribution is 0.1000. The summed E-state index contributed by atoms with van der Waals surface area (Å²) in [6, 6.07) is 12.7. The molecule has 19 heavy (non-hydrogen) atoms. The van der Waals surface area contributed by atoms with Crippen molar-refractivity contribution in [3.8, 4) is 5.75 Å². The number of anilines is 1. The summed E-state index contributed by atoms with van der Waals surface area (Å²) in [6.45, 7) is 2.28. The zero-order valence-electron chi connectivity index (χ0n) is 10.7. The molecule has 0 fully saturated rings. The molecule has 0 unspecified atom stereocenters. The quantitative estimate of drug-likeness (QED) is 0.823. The summed E-state index contributed by atoms with van der Waals surface area (Å²) >= 11 is 0. The summed E-state index contributed by atoms with van der Waals surface area (Å²) < 4.78 is 5.71. The van der Waals surface area contributed by atoms with Gasteiger partial charge in [0.25, 0.3) is 0 Å². The molecule has 0 spiro atoms. The SMILES string of the molecule is Cc1cccc(N)c1OCc1cccc(C(N)=O)c1. The van der Waals surface area contributed by atoms with Gasteiger partial charge < -0.3 is 16.2 Å². The molecule has 2 rings (SSSR count). The molecule has 4 heteroatoms. The molecule has 0 saturated carbocycles. The van der Waals surface area contributed by atoms with Crippen molar-refractivity contribution in [3.63, 3.8) is 0 Å². The van der Waals surface area contributed by atoms with E-state index in [1.54, 1.807) is 24.3 Å². The van der Waals surface area contributed by atoms with Gasteiger partial charge in [-0.05, 0) is 36.2 Å². The normalized spacial score (nSPS) is 10.2. The maximum atomic E-state index is 11.1. The highest BCUT2D eigenvalue weighted by atomic mass is 16.5. The van der Waals surface area contributed by atoms with Crippen LogP contribution in [0.15, 0.2) is 42.5 Å². The number of nitrogens with two attached hydrogens (primary N) is 2. The van der Waals surface area contributed by atoms with Crippen molar-refractivity contribution < 1.29 is 9.53 Å². The van der Waals surface area contributed by atoms with Crippen molar-refractivity contribution in [1.82, 2.24) is 0 Å². The van der Waals surface area contributed by atoms with E-state index in [9.17, 15) is 4.79 Å². The lowest BCUT2D eigenvalue weighted by Gasteiger charge is -2.11. The largest absolute Gasteiger partial charge is 0.486 e. The summed E-state index contributed by atoms with van der Waals surface area (Å²) in [6.07, 6.45) is 0. The Morgan fingerprint density at radius 1 is 1.21 bits per heavy atom. The highest BCUT2D eigenvalue weighted by Crippen LogP contribution is 2.26. The van der Waals surface area contributed by atoms with E-state index in [1.165, 1.54) is 0 Å². The molecule has 4 N–H and O–H groups in total. The molecule has 0 atom stereocenters. The third-order valence-electron chi connectivity index (χ3n) is 2.84. The Labute approximate surface area is 112 Å². The number of hydrogen-bond acceptors (Lipinski definition) is 3. The molecule has 0 saturated heterocycles. The third-order valence-corrected chi connectivity index (χ3v) is 2.84. The summed E-state index contributed by atoms with van der Waals surface area (Å²) in [5.74, 6) is 0.226. The lowest BCUT2D eigenvalue weighted by Crippen LogP contribution is -2.11. The highest BCUT2D eigenvalue weighted by molar-refractivity contribution is 5.92. The molecule has 0 aliphatic rings. The minimum absolute atomic E-state index is 0.343. The first-order valence-corrected chi connectivity index (χ1v) is 5.94. The van der Waals surface area contributed by atoms with Gasteiger partial charge in [-0.1, -0.05) is 24.3 Å². The van der Waals surface area contributed by atoms with Crippen LogP contribution in [0.3, 0.4) is 0 Å².